The molecule has 2 aromatic carbocycles. The molecule has 2 rings (SSSR count). The van der Waals surface area contributed by atoms with Crippen molar-refractivity contribution in [3.8, 4) is 0 Å². The van der Waals surface area contributed by atoms with Crippen LogP contribution in [0.5, 0.6) is 0 Å². The third-order valence-electron chi connectivity index (χ3n) is 2.65. The summed E-state index contributed by atoms with van der Waals surface area (Å²) in [6.07, 6.45) is 0. The summed E-state index contributed by atoms with van der Waals surface area (Å²) in [5.74, 6) is -0.202. The first-order chi connectivity index (χ1) is 9.58. The number of nitrogens with one attached hydrogen (secondary N) is 2. The van der Waals surface area contributed by atoms with Gasteiger partial charge in [0.15, 0.2) is 0 Å². The van der Waals surface area contributed by atoms with E-state index in [0.29, 0.717) is 21.3 Å². The molecule has 0 atom stereocenters. The zero-order valence-electron chi connectivity index (χ0n) is 10.9. The van der Waals surface area contributed by atoms with Crippen molar-refractivity contribution in [3.05, 3.63) is 58.1 Å². The third kappa shape index (κ3) is 3.89. The van der Waals surface area contributed by atoms with Gasteiger partial charge in [-0.05, 0) is 49.4 Å². The van der Waals surface area contributed by atoms with Gasteiger partial charge in [-0.2, -0.15) is 0 Å². The van der Waals surface area contributed by atoms with E-state index in [1.54, 1.807) is 30.3 Å². The zero-order chi connectivity index (χ0) is 14.5. The molecule has 2 N–H and O–H groups in total. The SMILES string of the molecule is CCNc1ccc(C(=O)Nc2cc(Cl)cc(Cl)c2)cc1. The van der Waals surface area contributed by atoms with Crippen molar-refractivity contribution in [1.29, 1.82) is 0 Å². The highest BCUT2D eigenvalue weighted by molar-refractivity contribution is 6.35. The third-order valence-corrected chi connectivity index (χ3v) is 3.08. The number of benzene rings is 2. The Balaban J connectivity index is 2.11. The van der Waals surface area contributed by atoms with Gasteiger partial charge in [0.05, 0.1) is 0 Å². The van der Waals surface area contributed by atoms with Crippen LogP contribution in [0.1, 0.15) is 17.3 Å². The van der Waals surface area contributed by atoms with Crippen molar-refractivity contribution in [3.63, 3.8) is 0 Å². The first kappa shape index (κ1) is 14.7. The lowest BCUT2D eigenvalue weighted by Crippen LogP contribution is -2.11. The van der Waals surface area contributed by atoms with Gasteiger partial charge in [0.1, 0.15) is 0 Å². The Kier molecular flexibility index (Phi) is 4.88. The minimum atomic E-state index is -0.202. The molecule has 0 heterocycles. The molecule has 0 spiro atoms. The van der Waals surface area contributed by atoms with Gasteiger partial charge >= 0.3 is 0 Å². The summed E-state index contributed by atoms with van der Waals surface area (Å²) in [6.45, 7) is 2.86. The number of hydrogen-bond donors (Lipinski definition) is 2. The van der Waals surface area contributed by atoms with Gasteiger partial charge in [0.2, 0.25) is 0 Å². The predicted molar refractivity (Wildman–Crippen MR) is 85.0 cm³/mol. The molecular weight excluding hydrogens is 295 g/mol. The highest BCUT2D eigenvalue weighted by Crippen LogP contribution is 2.23. The molecule has 0 fully saturated rings. The van der Waals surface area contributed by atoms with Crippen LogP contribution in [0, 0.1) is 0 Å². The average molecular weight is 309 g/mol. The second-order valence-electron chi connectivity index (χ2n) is 4.22. The molecule has 0 radical (unpaired) electrons. The van der Waals surface area contributed by atoms with Crippen molar-refractivity contribution in [2.45, 2.75) is 6.92 Å². The summed E-state index contributed by atoms with van der Waals surface area (Å²) in [7, 11) is 0. The van der Waals surface area contributed by atoms with Crippen LogP contribution < -0.4 is 10.6 Å². The molecule has 0 aromatic heterocycles. The van der Waals surface area contributed by atoms with E-state index < -0.39 is 0 Å². The Morgan fingerprint density at radius 3 is 2.15 bits per heavy atom. The topological polar surface area (TPSA) is 41.1 Å². The minimum absolute atomic E-state index is 0.202. The van der Waals surface area contributed by atoms with Crippen LogP contribution in [0.4, 0.5) is 11.4 Å². The van der Waals surface area contributed by atoms with Crippen LogP contribution in [0.15, 0.2) is 42.5 Å². The molecule has 0 unspecified atom stereocenters. The molecule has 3 nitrogen and oxygen atoms in total. The first-order valence-corrected chi connectivity index (χ1v) is 6.95. The quantitative estimate of drug-likeness (QED) is 0.861. The fourth-order valence-electron chi connectivity index (χ4n) is 1.77. The van der Waals surface area contributed by atoms with Gasteiger partial charge in [-0.15, -0.1) is 0 Å². The van der Waals surface area contributed by atoms with Crippen LogP contribution >= 0.6 is 23.2 Å². The second-order valence-corrected chi connectivity index (χ2v) is 5.09. The van der Waals surface area contributed by atoms with Crippen molar-refractivity contribution in [2.24, 2.45) is 0 Å². The Hall–Kier alpha value is -1.71. The molecular formula is C15H14Cl2N2O. The van der Waals surface area contributed by atoms with Gasteiger partial charge in [-0.3, -0.25) is 4.79 Å². The summed E-state index contributed by atoms with van der Waals surface area (Å²) in [5.41, 5.74) is 2.13. The normalized spacial score (nSPS) is 10.2. The molecule has 0 saturated carbocycles. The van der Waals surface area contributed by atoms with E-state index in [-0.39, 0.29) is 5.91 Å². The number of halogens is 2. The van der Waals surface area contributed by atoms with E-state index in [1.165, 1.54) is 0 Å². The number of amides is 1. The van der Waals surface area contributed by atoms with E-state index >= 15 is 0 Å². The van der Waals surface area contributed by atoms with Crippen molar-refractivity contribution in [1.82, 2.24) is 0 Å². The molecule has 0 aliphatic heterocycles. The van der Waals surface area contributed by atoms with E-state index in [1.807, 2.05) is 19.1 Å². The van der Waals surface area contributed by atoms with Crippen LogP contribution in [-0.4, -0.2) is 12.5 Å². The fraction of sp³-hybridized carbons (Fsp3) is 0.133. The van der Waals surface area contributed by atoms with E-state index in [9.17, 15) is 4.79 Å². The number of rotatable bonds is 4. The maximum atomic E-state index is 12.1. The summed E-state index contributed by atoms with van der Waals surface area (Å²) in [6, 6.07) is 12.2. The lowest BCUT2D eigenvalue weighted by Gasteiger charge is -2.08. The molecule has 0 aliphatic carbocycles. The highest BCUT2D eigenvalue weighted by Gasteiger charge is 2.07. The van der Waals surface area contributed by atoms with Crippen LogP contribution in [0.2, 0.25) is 10.0 Å². The molecule has 20 heavy (non-hydrogen) atoms. The zero-order valence-corrected chi connectivity index (χ0v) is 12.4. The van der Waals surface area contributed by atoms with Gasteiger partial charge < -0.3 is 10.6 Å². The monoisotopic (exact) mass is 308 g/mol. The Bertz CT molecular complexity index is 592. The largest absolute Gasteiger partial charge is 0.385 e. The van der Waals surface area contributed by atoms with E-state index in [2.05, 4.69) is 10.6 Å². The molecule has 2 aromatic rings. The van der Waals surface area contributed by atoms with E-state index in [0.717, 1.165) is 12.2 Å². The number of anilines is 2. The number of carbonyl (C=O) groups is 1. The fourth-order valence-corrected chi connectivity index (χ4v) is 2.30. The first-order valence-electron chi connectivity index (χ1n) is 6.20. The van der Waals surface area contributed by atoms with Crippen molar-refractivity contribution in [2.75, 3.05) is 17.2 Å². The molecule has 5 heteroatoms. The highest BCUT2D eigenvalue weighted by atomic mass is 35.5. The molecule has 0 bridgehead atoms. The standard InChI is InChI=1S/C15H14Cl2N2O/c1-2-18-13-5-3-10(4-6-13)15(20)19-14-8-11(16)7-12(17)9-14/h3-9,18H,2H2,1H3,(H,19,20). The Morgan fingerprint density at radius 2 is 1.60 bits per heavy atom. The maximum Gasteiger partial charge on any atom is 0.255 e. The summed E-state index contributed by atoms with van der Waals surface area (Å²) >= 11 is 11.8. The van der Waals surface area contributed by atoms with Gasteiger partial charge in [0, 0.05) is 33.5 Å². The van der Waals surface area contributed by atoms with Crippen LogP contribution in [0.3, 0.4) is 0 Å². The number of hydrogen-bond acceptors (Lipinski definition) is 2. The second kappa shape index (κ2) is 6.64. The van der Waals surface area contributed by atoms with Gasteiger partial charge in [-0.25, -0.2) is 0 Å². The summed E-state index contributed by atoms with van der Waals surface area (Å²) in [5, 5.41) is 6.90. The van der Waals surface area contributed by atoms with Crippen LogP contribution in [-0.2, 0) is 0 Å². The molecule has 0 saturated heterocycles. The van der Waals surface area contributed by atoms with Crippen LogP contribution in [0.25, 0.3) is 0 Å². The lowest BCUT2D eigenvalue weighted by atomic mass is 10.2. The summed E-state index contributed by atoms with van der Waals surface area (Å²) in [4.78, 5) is 12.1. The Morgan fingerprint density at radius 1 is 1.00 bits per heavy atom. The average Bonchev–Trinajstić information content (AvgIpc) is 2.38. The maximum absolute atomic E-state index is 12.1. The summed E-state index contributed by atoms with van der Waals surface area (Å²) < 4.78 is 0. The number of carbonyl (C=O) groups excluding carboxylic acids is 1. The molecule has 0 aliphatic rings. The molecule has 104 valence electrons. The van der Waals surface area contributed by atoms with Crippen molar-refractivity contribution >= 4 is 40.5 Å². The smallest absolute Gasteiger partial charge is 0.255 e. The van der Waals surface area contributed by atoms with Crippen molar-refractivity contribution < 1.29 is 4.79 Å². The minimum Gasteiger partial charge on any atom is -0.385 e. The molecule has 1 amide bonds. The Labute approximate surface area is 127 Å². The van der Waals surface area contributed by atoms with E-state index in [4.69, 9.17) is 23.2 Å². The van der Waals surface area contributed by atoms with Gasteiger partial charge in [0.25, 0.3) is 5.91 Å². The van der Waals surface area contributed by atoms with Gasteiger partial charge in [-0.1, -0.05) is 23.2 Å². The predicted octanol–water partition coefficient (Wildman–Crippen LogP) is 4.68. The lowest BCUT2D eigenvalue weighted by molar-refractivity contribution is 0.102.